The molecule has 0 unspecified atom stereocenters. The fourth-order valence-corrected chi connectivity index (χ4v) is 1.82. The van der Waals surface area contributed by atoms with Crippen molar-refractivity contribution in [1.29, 1.82) is 0 Å². The normalized spacial score (nSPS) is 10.5. The van der Waals surface area contributed by atoms with Gasteiger partial charge in [-0.2, -0.15) is 0 Å². The number of benzene rings is 1. The van der Waals surface area contributed by atoms with Gasteiger partial charge in [0.25, 0.3) is 5.91 Å². The van der Waals surface area contributed by atoms with Gasteiger partial charge < -0.3 is 20.4 Å². The van der Waals surface area contributed by atoms with Crippen molar-refractivity contribution >= 4 is 22.8 Å². The zero-order chi connectivity index (χ0) is 15.1. The zero-order valence-corrected chi connectivity index (χ0v) is 11.8. The third kappa shape index (κ3) is 4.57. The van der Waals surface area contributed by atoms with Gasteiger partial charge in [-0.15, -0.1) is 0 Å². The lowest BCUT2D eigenvalue weighted by Gasteiger charge is -2.07. The Hall–Kier alpha value is -2.41. The van der Waals surface area contributed by atoms with E-state index in [1.807, 2.05) is 0 Å². The number of aromatic amines is 1. The molecule has 1 heterocycles. The molecule has 1 aromatic heterocycles. The summed E-state index contributed by atoms with van der Waals surface area (Å²) in [6.45, 7) is 3.17. The highest BCUT2D eigenvalue weighted by Crippen LogP contribution is 2.11. The molecule has 0 spiro atoms. The van der Waals surface area contributed by atoms with Gasteiger partial charge in [0, 0.05) is 25.6 Å². The topological polar surface area (TPSA) is 96.1 Å². The van der Waals surface area contributed by atoms with E-state index >= 15 is 0 Å². The maximum Gasteiger partial charge on any atom is 0.251 e. The van der Waals surface area contributed by atoms with E-state index in [0.717, 1.165) is 11.0 Å². The molecule has 1 aromatic carbocycles. The molecule has 0 saturated heterocycles. The molecule has 0 bridgehead atoms. The minimum atomic E-state index is -0.156. The van der Waals surface area contributed by atoms with E-state index in [2.05, 4.69) is 20.6 Å². The number of carbonyl (C=O) groups excluding carboxylic acids is 2. The molecule has 7 nitrogen and oxygen atoms in total. The van der Waals surface area contributed by atoms with Gasteiger partial charge in [0.05, 0.1) is 30.6 Å². The van der Waals surface area contributed by atoms with Gasteiger partial charge in [0.15, 0.2) is 0 Å². The predicted octanol–water partition coefficient (Wildman–Crippen LogP) is 0.445. The van der Waals surface area contributed by atoms with Crippen LogP contribution < -0.4 is 10.6 Å². The summed E-state index contributed by atoms with van der Waals surface area (Å²) in [5.74, 6) is -0.238. The Kier molecular flexibility index (Phi) is 5.28. The Morgan fingerprint density at radius 1 is 1.24 bits per heavy atom. The van der Waals surface area contributed by atoms with E-state index < -0.39 is 0 Å². The van der Waals surface area contributed by atoms with Gasteiger partial charge >= 0.3 is 0 Å². The number of rotatable bonds is 7. The SMILES string of the molecule is CC(=O)NCCOCCNC(=O)c1ccc2nc[nH]c2c1. The maximum absolute atomic E-state index is 11.9. The van der Waals surface area contributed by atoms with Crippen LogP contribution in [0.5, 0.6) is 0 Å². The number of fused-ring (bicyclic) bond motifs is 1. The number of hydrogen-bond donors (Lipinski definition) is 3. The summed E-state index contributed by atoms with van der Waals surface area (Å²) in [5, 5.41) is 5.39. The van der Waals surface area contributed by atoms with Gasteiger partial charge in [0.1, 0.15) is 0 Å². The molecule has 7 heteroatoms. The molecular formula is C14H18N4O3. The number of imidazole rings is 1. The second-order valence-electron chi connectivity index (χ2n) is 4.49. The van der Waals surface area contributed by atoms with Gasteiger partial charge in [-0.3, -0.25) is 9.59 Å². The lowest BCUT2D eigenvalue weighted by molar-refractivity contribution is -0.119. The molecule has 0 aliphatic rings. The average molecular weight is 290 g/mol. The minimum absolute atomic E-state index is 0.0823. The first kappa shape index (κ1) is 15.0. The summed E-state index contributed by atoms with van der Waals surface area (Å²) < 4.78 is 5.28. The van der Waals surface area contributed by atoms with Crippen molar-refractivity contribution in [2.24, 2.45) is 0 Å². The number of ether oxygens (including phenoxy) is 1. The van der Waals surface area contributed by atoms with E-state index in [0.29, 0.717) is 31.9 Å². The number of carbonyl (C=O) groups is 2. The van der Waals surface area contributed by atoms with Crippen molar-refractivity contribution in [2.45, 2.75) is 6.92 Å². The highest BCUT2D eigenvalue weighted by molar-refractivity contribution is 5.97. The summed E-state index contributed by atoms with van der Waals surface area (Å²) in [6.07, 6.45) is 1.59. The average Bonchev–Trinajstić information content (AvgIpc) is 2.93. The fraction of sp³-hybridized carbons (Fsp3) is 0.357. The highest BCUT2D eigenvalue weighted by Gasteiger charge is 2.06. The van der Waals surface area contributed by atoms with Crippen LogP contribution in [-0.4, -0.2) is 48.1 Å². The van der Waals surface area contributed by atoms with E-state index in [1.54, 1.807) is 24.5 Å². The Morgan fingerprint density at radius 3 is 2.76 bits per heavy atom. The zero-order valence-electron chi connectivity index (χ0n) is 11.8. The lowest BCUT2D eigenvalue weighted by Crippen LogP contribution is -2.29. The summed E-state index contributed by atoms with van der Waals surface area (Å²) >= 11 is 0. The number of hydrogen-bond acceptors (Lipinski definition) is 4. The van der Waals surface area contributed by atoms with E-state index in [9.17, 15) is 9.59 Å². The molecule has 2 rings (SSSR count). The van der Waals surface area contributed by atoms with E-state index in [4.69, 9.17) is 4.74 Å². The summed E-state index contributed by atoms with van der Waals surface area (Å²) in [6, 6.07) is 5.29. The number of nitrogens with one attached hydrogen (secondary N) is 3. The lowest BCUT2D eigenvalue weighted by atomic mass is 10.2. The molecule has 0 radical (unpaired) electrons. The van der Waals surface area contributed by atoms with Crippen molar-refractivity contribution in [3.05, 3.63) is 30.1 Å². The Balaban J connectivity index is 1.68. The second kappa shape index (κ2) is 7.39. The molecule has 0 atom stereocenters. The minimum Gasteiger partial charge on any atom is -0.378 e. The van der Waals surface area contributed by atoms with Crippen molar-refractivity contribution in [2.75, 3.05) is 26.3 Å². The molecule has 0 aliphatic carbocycles. The van der Waals surface area contributed by atoms with E-state index in [-0.39, 0.29) is 11.8 Å². The van der Waals surface area contributed by atoms with Crippen LogP contribution in [0.25, 0.3) is 11.0 Å². The van der Waals surface area contributed by atoms with Crippen molar-refractivity contribution in [3.8, 4) is 0 Å². The van der Waals surface area contributed by atoms with Gasteiger partial charge in [0.2, 0.25) is 5.91 Å². The molecule has 3 N–H and O–H groups in total. The Bertz CT molecular complexity index is 623. The summed E-state index contributed by atoms with van der Waals surface area (Å²) in [5.41, 5.74) is 2.23. The largest absolute Gasteiger partial charge is 0.378 e. The number of amides is 2. The molecule has 0 aliphatic heterocycles. The monoisotopic (exact) mass is 290 g/mol. The van der Waals surface area contributed by atoms with Crippen LogP contribution in [0, 0.1) is 0 Å². The van der Waals surface area contributed by atoms with Crippen LogP contribution in [0.2, 0.25) is 0 Å². The van der Waals surface area contributed by atoms with Crippen LogP contribution in [0.15, 0.2) is 24.5 Å². The Morgan fingerprint density at radius 2 is 2.00 bits per heavy atom. The summed E-state index contributed by atoms with van der Waals surface area (Å²) in [7, 11) is 0. The van der Waals surface area contributed by atoms with Crippen molar-refractivity contribution in [3.63, 3.8) is 0 Å². The van der Waals surface area contributed by atoms with Crippen molar-refractivity contribution < 1.29 is 14.3 Å². The highest BCUT2D eigenvalue weighted by atomic mass is 16.5. The smallest absolute Gasteiger partial charge is 0.251 e. The first-order valence-electron chi connectivity index (χ1n) is 6.70. The van der Waals surface area contributed by atoms with Crippen LogP contribution in [0.4, 0.5) is 0 Å². The van der Waals surface area contributed by atoms with Gasteiger partial charge in [-0.25, -0.2) is 4.98 Å². The van der Waals surface area contributed by atoms with Crippen LogP contribution in [-0.2, 0) is 9.53 Å². The third-order valence-corrected chi connectivity index (χ3v) is 2.83. The van der Waals surface area contributed by atoms with Crippen LogP contribution in [0.3, 0.4) is 0 Å². The van der Waals surface area contributed by atoms with Gasteiger partial charge in [-0.1, -0.05) is 0 Å². The maximum atomic E-state index is 11.9. The second-order valence-corrected chi connectivity index (χ2v) is 4.49. The Labute approximate surface area is 122 Å². The molecule has 112 valence electrons. The van der Waals surface area contributed by atoms with E-state index in [1.165, 1.54) is 6.92 Å². The third-order valence-electron chi connectivity index (χ3n) is 2.83. The fourth-order valence-electron chi connectivity index (χ4n) is 1.82. The first-order chi connectivity index (χ1) is 10.2. The first-order valence-corrected chi connectivity index (χ1v) is 6.70. The standard InChI is InChI=1S/C14H18N4O3/c1-10(19)15-4-6-21-7-5-16-14(20)11-2-3-12-13(8-11)18-9-17-12/h2-3,8-9H,4-7H2,1H3,(H,15,19)(H,16,20)(H,17,18). The molecule has 21 heavy (non-hydrogen) atoms. The predicted molar refractivity (Wildman–Crippen MR) is 77.9 cm³/mol. The number of aromatic nitrogens is 2. The molecule has 2 amide bonds. The number of H-pyrrole nitrogens is 1. The van der Waals surface area contributed by atoms with Crippen LogP contribution >= 0.6 is 0 Å². The molecule has 0 saturated carbocycles. The molecule has 2 aromatic rings. The molecular weight excluding hydrogens is 272 g/mol. The number of nitrogens with zero attached hydrogens (tertiary/aromatic N) is 1. The van der Waals surface area contributed by atoms with Gasteiger partial charge in [-0.05, 0) is 18.2 Å². The summed E-state index contributed by atoms with van der Waals surface area (Å²) in [4.78, 5) is 29.6. The quantitative estimate of drug-likeness (QED) is 0.645. The molecule has 0 fully saturated rings. The van der Waals surface area contributed by atoms with Crippen LogP contribution in [0.1, 0.15) is 17.3 Å². The van der Waals surface area contributed by atoms with Crippen molar-refractivity contribution in [1.82, 2.24) is 20.6 Å².